The van der Waals surface area contributed by atoms with Crippen molar-refractivity contribution in [2.45, 2.75) is 38.3 Å². The molecule has 2 aromatic rings. The Hall–Kier alpha value is -1.83. The van der Waals surface area contributed by atoms with E-state index in [4.69, 9.17) is 0 Å². The van der Waals surface area contributed by atoms with Gasteiger partial charge in [-0.15, -0.1) is 0 Å². The van der Waals surface area contributed by atoms with E-state index in [1.807, 2.05) is 6.92 Å². The van der Waals surface area contributed by atoms with Crippen molar-refractivity contribution in [2.24, 2.45) is 0 Å². The van der Waals surface area contributed by atoms with E-state index in [9.17, 15) is 17.2 Å². The molecule has 26 heavy (non-hydrogen) atoms. The van der Waals surface area contributed by atoms with Crippen LogP contribution in [0.3, 0.4) is 0 Å². The van der Waals surface area contributed by atoms with Gasteiger partial charge in [-0.05, 0) is 42.3 Å². The van der Waals surface area contributed by atoms with Crippen molar-refractivity contribution in [1.29, 1.82) is 0 Å². The molecule has 4 nitrogen and oxygen atoms in total. The summed E-state index contributed by atoms with van der Waals surface area (Å²) >= 11 is 0. The Labute approximate surface area is 153 Å². The standard InChI is InChI=1S/C19H24F2N2O2S/c1-4-23(5-2)26(24,25)17-9-7-16(8-10-17)14(3)22-13-15-6-11-18(20)19(21)12-15/h6-12,14,22H,4-5,13H2,1-3H3. The molecule has 0 heterocycles. The lowest BCUT2D eigenvalue weighted by atomic mass is 10.1. The van der Waals surface area contributed by atoms with E-state index in [1.54, 1.807) is 38.1 Å². The Morgan fingerprint density at radius 2 is 1.62 bits per heavy atom. The first-order chi connectivity index (χ1) is 12.3. The molecule has 0 amide bonds. The van der Waals surface area contributed by atoms with E-state index in [0.717, 1.165) is 17.7 Å². The third-order valence-electron chi connectivity index (χ3n) is 4.32. The summed E-state index contributed by atoms with van der Waals surface area (Å²) in [6, 6.07) is 10.4. The van der Waals surface area contributed by atoms with Gasteiger partial charge in [0.05, 0.1) is 4.90 Å². The molecule has 0 saturated carbocycles. The Morgan fingerprint density at radius 1 is 1.00 bits per heavy atom. The van der Waals surface area contributed by atoms with Gasteiger partial charge in [-0.2, -0.15) is 4.31 Å². The predicted molar refractivity (Wildman–Crippen MR) is 98.2 cm³/mol. The highest BCUT2D eigenvalue weighted by atomic mass is 32.2. The molecular weight excluding hydrogens is 358 g/mol. The molecule has 0 aliphatic carbocycles. The zero-order valence-corrected chi connectivity index (χ0v) is 16.0. The van der Waals surface area contributed by atoms with Crippen molar-refractivity contribution < 1.29 is 17.2 Å². The molecule has 0 saturated heterocycles. The van der Waals surface area contributed by atoms with Crippen molar-refractivity contribution in [3.8, 4) is 0 Å². The van der Waals surface area contributed by atoms with Crippen LogP contribution in [-0.4, -0.2) is 25.8 Å². The van der Waals surface area contributed by atoms with Crippen LogP contribution in [0.15, 0.2) is 47.4 Å². The van der Waals surface area contributed by atoms with Gasteiger partial charge in [-0.1, -0.05) is 32.0 Å². The minimum absolute atomic E-state index is 0.0756. The maximum atomic E-state index is 13.2. The van der Waals surface area contributed by atoms with Gasteiger partial charge in [-0.25, -0.2) is 17.2 Å². The van der Waals surface area contributed by atoms with Crippen molar-refractivity contribution >= 4 is 10.0 Å². The molecule has 0 aromatic heterocycles. The monoisotopic (exact) mass is 382 g/mol. The number of hydrogen-bond donors (Lipinski definition) is 1. The smallest absolute Gasteiger partial charge is 0.243 e. The molecule has 142 valence electrons. The first kappa shape index (κ1) is 20.5. The van der Waals surface area contributed by atoms with Crippen LogP contribution in [0.25, 0.3) is 0 Å². The van der Waals surface area contributed by atoms with E-state index < -0.39 is 21.7 Å². The van der Waals surface area contributed by atoms with Crippen molar-refractivity contribution in [1.82, 2.24) is 9.62 Å². The molecule has 7 heteroatoms. The number of hydrogen-bond acceptors (Lipinski definition) is 3. The molecule has 1 N–H and O–H groups in total. The summed E-state index contributed by atoms with van der Waals surface area (Å²) in [7, 11) is -3.47. The number of nitrogens with one attached hydrogen (secondary N) is 1. The van der Waals surface area contributed by atoms with Crippen LogP contribution in [0.2, 0.25) is 0 Å². The molecule has 1 atom stereocenters. The summed E-state index contributed by atoms with van der Waals surface area (Å²) in [5.41, 5.74) is 1.54. The van der Waals surface area contributed by atoms with E-state index >= 15 is 0 Å². The van der Waals surface area contributed by atoms with Crippen LogP contribution < -0.4 is 5.32 Å². The SMILES string of the molecule is CCN(CC)S(=O)(=O)c1ccc(C(C)NCc2ccc(F)c(F)c2)cc1. The second-order valence-corrected chi connectivity index (χ2v) is 7.95. The Balaban J connectivity index is 2.06. The largest absolute Gasteiger partial charge is 0.306 e. The summed E-state index contributed by atoms with van der Waals surface area (Å²) in [4.78, 5) is 0.262. The van der Waals surface area contributed by atoms with Crippen LogP contribution in [0.1, 0.15) is 37.9 Å². The normalized spacial score (nSPS) is 13.2. The molecular formula is C19H24F2N2O2S. The fraction of sp³-hybridized carbons (Fsp3) is 0.368. The number of rotatable bonds is 8. The fourth-order valence-electron chi connectivity index (χ4n) is 2.68. The van der Waals surface area contributed by atoms with E-state index in [1.165, 1.54) is 10.4 Å². The average molecular weight is 382 g/mol. The van der Waals surface area contributed by atoms with Crippen molar-refractivity contribution in [3.63, 3.8) is 0 Å². The Morgan fingerprint density at radius 3 is 2.15 bits per heavy atom. The van der Waals surface area contributed by atoms with Gasteiger partial charge in [0.2, 0.25) is 10.0 Å². The maximum Gasteiger partial charge on any atom is 0.243 e. The highest BCUT2D eigenvalue weighted by molar-refractivity contribution is 7.89. The molecule has 0 bridgehead atoms. The zero-order valence-electron chi connectivity index (χ0n) is 15.2. The zero-order chi connectivity index (χ0) is 19.3. The van der Waals surface area contributed by atoms with Crippen LogP contribution >= 0.6 is 0 Å². The number of halogens is 2. The van der Waals surface area contributed by atoms with Gasteiger partial charge in [0.25, 0.3) is 0 Å². The minimum atomic E-state index is -3.47. The molecule has 0 aliphatic rings. The summed E-state index contributed by atoms with van der Waals surface area (Å²) in [5.74, 6) is -1.74. The molecule has 1 unspecified atom stereocenters. The van der Waals surface area contributed by atoms with Crippen molar-refractivity contribution in [3.05, 3.63) is 65.2 Å². The van der Waals surface area contributed by atoms with E-state index in [-0.39, 0.29) is 10.9 Å². The van der Waals surface area contributed by atoms with E-state index in [0.29, 0.717) is 25.2 Å². The molecule has 0 spiro atoms. The third-order valence-corrected chi connectivity index (χ3v) is 6.38. The van der Waals surface area contributed by atoms with Gasteiger partial charge in [0.1, 0.15) is 0 Å². The van der Waals surface area contributed by atoms with Crippen LogP contribution in [-0.2, 0) is 16.6 Å². The second-order valence-electron chi connectivity index (χ2n) is 6.01. The van der Waals surface area contributed by atoms with Gasteiger partial charge < -0.3 is 5.32 Å². The summed E-state index contributed by atoms with van der Waals surface area (Å²) in [6.07, 6.45) is 0. The predicted octanol–water partition coefficient (Wildman–Crippen LogP) is 3.85. The molecule has 2 rings (SSSR count). The summed E-state index contributed by atoms with van der Waals surface area (Å²) in [5, 5.41) is 3.22. The van der Waals surface area contributed by atoms with Crippen LogP contribution in [0.4, 0.5) is 8.78 Å². The first-order valence-electron chi connectivity index (χ1n) is 8.57. The second kappa shape index (κ2) is 8.70. The summed E-state index contributed by atoms with van der Waals surface area (Å²) in [6.45, 7) is 6.75. The average Bonchev–Trinajstić information content (AvgIpc) is 2.63. The van der Waals surface area contributed by atoms with E-state index in [2.05, 4.69) is 5.32 Å². The molecule has 0 aliphatic heterocycles. The molecule has 2 aromatic carbocycles. The third kappa shape index (κ3) is 4.66. The van der Waals surface area contributed by atoms with Gasteiger partial charge in [0.15, 0.2) is 11.6 Å². The van der Waals surface area contributed by atoms with Crippen LogP contribution in [0.5, 0.6) is 0 Å². The number of sulfonamides is 1. The van der Waals surface area contributed by atoms with Gasteiger partial charge in [0, 0.05) is 25.7 Å². The highest BCUT2D eigenvalue weighted by Gasteiger charge is 2.21. The maximum absolute atomic E-state index is 13.2. The summed E-state index contributed by atoms with van der Waals surface area (Å²) < 4.78 is 52.6. The topological polar surface area (TPSA) is 49.4 Å². The highest BCUT2D eigenvalue weighted by Crippen LogP contribution is 2.20. The van der Waals surface area contributed by atoms with Crippen LogP contribution in [0, 0.1) is 11.6 Å². The Bertz CT molecular complexity index is 835. The number of nitrogens with zero attached hydrogens (tertiary/aromatic N) is 1. The lowest BCUT2D eigenvalue weighted by Crippen LogP contribution is -2.30. The van der Waals surface area contributed by atoms with Crippen molar-refractivity contribution in [2.75, 3.05) is 13.1 Å². The molecule has 0 radical (unpaired) electrons. The van der Waals surface area contributed by atoms with Gasteiger partial charge >= 0.3 is 0 Å². The lowest BCUT2D eigenvalue weighted by molar-refractivity contribution is 0.445. The molecule has 0 fully saturated rings. The lowest BCUT2D eigenvalue weighted by Gasteiger charge is -2.19. The van der Waals surface area contributed by atoms with Gasteiger partial charge in [-0.3, -0.25) is 0 Å². The number of benzene rings is 2. The minimum Gasteiger partial charge on any atom is -0.306 e. The quantitative estimate of drug-likeness (QED) is 0.755. The Kier molecular flexibility index (Phi) is 6.86. The fourth-order valence-corrected chi connectivity index (χ4v) is 4.14. The first-order valence-corrected chi connectivity index (χ1v) is 10.0.